The van der Waals surface area contributed by atoms with E-state index in [0.29, 0.717) is 12.5 Å². The lowest BCUT2D eigenvalue weighted by molar-refractivity contribution is -0.131. The number of aromatic nitrogens is 3. The van der Waals surface area contributed by atoms with Gasteiger partial charge in [-0.25, -0.2) is 9.50 Å². The predicted octanol–water partition coefficient (Wildman–Crippen LogP) is 3.35. The highest BCUT2D eigenvalue weighted by Crippen LogP contribution is 2.26. The van der Waals surface area contributed by atoms with E-state index in [-0.39, 0.29) is 12.3 Å². The van der Waals surface area contributed by atoms with Gasteiger partial charge in [0.2, 0.25) is 11.8 Å². The number of nitrogens with zero attached hydrogens (tertiary/aromatic N) is 4. The molecule has 1 aliphatic rings. The topological polar surface area (TPSA) is 59.7 Å². The molecule has 140 valence electrons. The summed E-state index contributed by atoms with van der Waals surface area (Å²) in [5.74, 6) is 0.672. The van der Waals surface area contributed by atoms with Crippen LogP contribution in [0.2, 0.25) is 0 Å². The second-order valence-corrected chi connectivity index (χ2v) is 6.77. The number of carbonyl (C=O) groups is 1. The largest absolute Gasteiger partial charge is 0.477 e. The van der Waals surface area contributed by atoms with Crippen LogP contribution < -0.4 is 4.74 Å². The van der Waals surface area contributed by atoms with Crippen molar-refractivity contribution in [2.45, 2.75) is 32.6 Å². The maximum Gasteiger partial charge on any atom is 0.231 e. The molecule has 4 rings (SSSR count). The summed E-state index contributed by atoms with van der Waals surface area (Å²) in [6.45, 7) is 4.15. The van der Waals surface area contributed by atoms with Crippen molar-refractivity contribution in [2.24, 2.45) is 0 Å². The summed E-state index contributed by atoms with van der Waals surface area (Å²) in [4.78, 5) is 19.6. The molecule has 2 aromatic heterocycles. The Labute approximate surface area is 158 Å². The molecule has 0 saturated carbocycles. The maximum absolute atomic E-state index is 12.9. The molecule has 0 radical (unpaired) electrons. The van der Waals surface area contributed by atoms with Crippen LogP contribution in [-0.2, 0) is 11.2 Å². The van der Waals surface area contributed by atoms with Crippen molar-refractivity contribution in [3.05, 3.63) is 48.2 Å². The second kappa shape index (κ2) is 7.78. The van der Waals surface area contributed by atoms with Gasteiger partial charge < -0.3 is 9.64 Å². The van der Waals surface area contributed by atoms with Crippen molar-refractivity contribution in [3.8, 4) is 17.1 Å². The fraction of sp³-hybridized carbons (Fsp3) is 0.381. The number of amides is 1. The Morgan fingerprint density at radius 1 is 1.07 bits per heavy atom. The third-order valence-electron chi connectivity index (χ3n) is 4.91. The first-order valence-electron chi connectivity index (χ1n) is 9.61. The SMILES string of the molecule is CCOc1ccc2nc(-c3ccccc3)c(CC(=O)N3CCCCC3)n2n1. The molecule has 0 bridgehead atoms. The average molecular weight is 364 g/mol. The van der Waals surface area contributed by atoms with Crippen molar-refractivity contribution >= 4 is 11.6 Å². The normalized spacial score (nSPS) is 14.5. The minimum Gasteiger partial charge on any atom is -0.477 e. The quantitative estimate of drug-likeness (QED) is 0.697. The van der Waals surface area contributed by atoms with Gasteiger partial charge in [-0.2, -0.15) is 0 Å². The van der Waals surface area contributed by atoms with E-state index >= 15 is 0 Å². The monoisotopic (exact) mass is 364 g/mol. The van der Waals surface area contributed by atoms with Crippen molar-refractivity contribution in [3.63, 3.8) is 0 Å². The molecule has 0 unspecified atom stereocenters. The van der Waals surface area contributed by atoms with Gasteiger partial charge in [0, 0.05) is 24.7 Å². The summed E-state index contributed by atoms with van der Waals surface area (Å²) in [6, 6.07) is 13.7. The summed E-state index contributed by atoms with van der Waals surface area (Å²) in [7, 11) is 0. The molecule has 0 N–H and O–H groups in total. The summed E-state index contributed by atoms with van der Waals surface area (Å²) in [6.07, 6.45) is 3.65. The lowest BCUT2D eigenvalue weighted by Gasteiger charge is -2.26. The molecule has 1 fully saturated rings. The Hall–Kier alpha value is -2.89. The molecule has 6 nitrogen and oxygen atoms in total. The molecular formula is C21H24N4O2. The van der Waals surface area contributed by atoms with Gasteiger partial charge in [-0.1, -0.05) is 30.3 Å². The number of fused-ring (bicyclic) bond motifs is 1. The Morgan fingerprint density at radius 2 is 1.85 bits per heavy atom. The number of likely N-dealkylation sites (tertiary alicyclic amines) is 1. The number of rotatable bonds is 5. The maximum atomic E-state index is 12.9. The Morgan fingerprint density at radius 3 is 2.59 bits per heavy atom. The van der Waals surface area contributed by atoms with Crippen LogP contribution >= 0.6 is 0 Å². The minimum absolute atomic E-state index is 0.136. The van der Waals surface area contributed by atoms with Crippen LogP contribution in [0.25, 0.3) is 16.9 Å². The fourth-order valence-electron chi connectivity index (χ4n) is 3.57. The third-order valence-corrected chi connectivity index (χ3v) is 4.91. The number of ether oxygens (including phenoxy) is 1. The summed E-state index contributed by atoms with van der Waals surface area (Å²) in [5, 5.41) is 4.57. The first-order valence-corrected chi connectivity index (χ1v) is 9.61. The van der Waals surface area contributed by atoms with Crippen LogP contribution in [0.4, 0.5) is 0 Å². The lowest BCUT2D eigenvalue weighted by Crippen LogP contribution is -2.36. The zero-order valence-electron chi connectivity index (χ0n) is 15.6. The van der Waals surface area contributed by atoms with E-state index in [1.54, 1.807) is 4.52 Å². The van der Waals surface area contributed by atoms with Gasteiger partial charge in [-0.15, -0.1) is 5.10 Å². The highest BCUT2D eigenvalue weighted by molar-refractivity contribution is 5.81. The standard InChI is InChI=1S/C21H24N4O2/c1-2-27-19-12-11-18-22-21(16-9-5-3-6-10-16)17(25(18)23-19)15-20(26)24-13-7-4-8-14-24/h3,5-6,9-12H,2,4,7-8,13-15H2,1H3. The summed E-state index contributed by atoms with van der Waals surface area (Å²) >= 11 is 0. The molecular weight excluding hydrogens is 340 g/mol. The average Bonchev–Trinajstić information content (AvgIpc) is 3.07. The zero-order chi connectivity index (χ0) is 18.6. The van der Waals surface area contributed by atoms with Crippen LogP contribution in [0.5, 0.6) is 5.88 Å². The predicted molar refractivity (Wildman–Crippen MR) is 104 cm³/mol. The van der Waals surface area contributed by atoms with Crippen molar-refractivity contribution < 1.29 is 9.53 Å². The van der Waals surface area contributed by atoms with Crippen LogP contribution in [0.1, 0.15) is 31.9 Å². The molecule has 1 aliphatic heterocycles. The molecule has 27 heavy (non-hydrogen) atoms. The van der Waals surface area contributed by atoms with Gasteiger partial charge in [0.15, 0.2) is 5.65 Å². The highest BCUT2D eigenvalue weighted by atomic mass is 16.5. The van der Waals surface area contributed by atoms with E-state index in [1.807, 2.05) is 54.3 Å². The lowest BCUT2D eigenvalue weighted by atomic mass is 10.1. The van der Waals surface area contributed by atoms with Gasteiger partial charge in [-0.3, -0.25) is 4.79 Å². The van der Waals surface area contributed by atoms with E-state index in [2.05, 4.69) is 5.10 Å². The smallest absolute Gasteiger partial charge is 0.231 e. The number of hydrogen-bond acceptors (Lipinski definition) is 4. The number of hydrogen-bond donors (Lipinski definition) is 0. The van der Waals surface area contributed by atoms with Crippen LogP contribution in [0.15, 0.2) is 42.5 Å². The van der Waals surface area contributed by atoms with Gasteiger partial charge in [-0.05, 0) is 32.3 Å². The van der Waals surface area contributed by atoms with E-state index in [9.17, 15) is 4.79 Å². The number of carbonyl (C=O) groups excluding carboxylic acids is 1. The molecule has 6 heteroatoms. The summed E-state index contributed by atoms with van der Waals surface area (Å²) in [5.41, 5.74) is 3.33. The summed E-state index contributed by atoms with van der Waals surface area (Å²) < 4.78 is 7.31. The molecule has 3 heterocycles. The van der Waals surface area contributed by atoms with Crippen molar-refractivity contribution in [1.29, 1.82) is 0 Å². The van der Waals surface area contributed by atoms with Crippen LogP contribution in [0, 0.1) is 0 Å². The molecule has 1 saturated heterocycles. The first kappa shape index (κ1) is 17.5. The van der Waals surface area contributed by atoms with E-state index in [4.69, 9.17) is 9.72 Å². The Kier molecular flexibility index (Phi) is 5.05. The van der Waals surface area contributed by atoms with E-state index in [1.165, 1.54) is 6.42 Å². The van der Waals surface area contributed by atoms with Gasteiger partial charge in [0.25, 0.3) is 0 Å². The Balaban J connectivity index is 1.76. The molecule has 0 atom stereocenters. The van der Waals surface area contributed by atoms with E-state index in [0.717, 1.165) is 48.5 Å². The Bertz CT molecular complexity index is 930. The number of benzene rings is 1. The van der Waals surface area contributed by atoms with Gasteiger partial charge in [0.1, 0.15) is 0 Å². The van der Waals surface area contributed by atoms with Crippen LogP contribution in [-0.4, -0.2) is 45.1 Å². The molecule has 0 spiro atoms. The zero-order valence-corrected chi connectivity index (χ0v) is 15.6. The van der Waals surface area contributed by atoms with Crippen molar-refractivity contribution in [2.75, 3.05) is 19.7 Å². The van der Waals surface area contributed by atoms with E-state index < -0.39 is 0 Å². The molecule has 1 aromatic carbocycles. The molecule has 0 aliphatic carbocycles. The van der Waals surface area contributed by atoms with Crippen molar-refractivity contribution in [1.82, 2.24) is 19.5 Å². The number of imidazole rings is 1. The van der Waals surface area contributed by atoms with Crippen LogP contribution in [0.3, 0.4) is 0 Å². The third kappa shape index (κ3) is 3.65. The van der Waals surface area contributed by atoms with Gasteiger partial charge >= 0.3 is 0 Å². The highest BCUT2D eigenvalue weighted by Gasteiger charge is 2.22. The van der Waals surface area contributed by atoms with Gasteiger partial charge in [0.05, 0.1) is 24.4 Å². The molecule has 1 amide bonds. The number of piperidine rings is 1. The fourth-order valence-corrected chi connectivity index (χ4v) is 3.57. The molecule has 3 aromatic rings. The minimum atomic E-state index is 0.136. The first-order chi connectivity index (χ1) is 13.3. The second-order valence-electron chi connectivity index (χ2n) is 6.77.